The van der Waals surface area contributed by atoms with Crippen LogP contribution in [0.3, 0.4) is 0 Å². The van der Waals surface area contributed by atoms with Crippen LogP contribution >= 0.6 is 15.9 Å². The van der Waals surface area contributed by atoms with Crippen LogP contribution in [-0.4, -0.2) is 13.4 Å². The standard InChI is InChI=1S/C12H8BrN3O2S/c13-12-6-11(5-9(7-14)16-12)19(17,18)10-3-1-8(15)2-4-10/h1-6H,15H2. The molecular weight excluding hydrogens is 330 g/mol. The van der Waals surface area contributed by atoms with E-state index in [4.69, 9.17) is 11.0 Å². The molecular formula is C12H8BrN3O2S. The topological polar surface area (TPSA) is 96.8 Å². The summed E-state index contributed by atoms with van der Waals surface area (Å²) in [4.78, 5) is 3.97. The first-order valence-corrected chi connectivity index (χ1v) is 7.39. The van der Waals surface area contributed by atoms with Crippen molar-refractivity contribution >= 4 is 31.5 Å². The van der Waals surface area contributed by atoms with Gasteiger partial charge >= 0.3 is 0 Å². The van der Waals surface area contributed by atoms with Crippen LogP contribution in [-0.2, 0) is 9.84 Å². The van der Waals surface area contributed by atoms with E-state index >= 15 is 0 Å². The highest BCUT2D eigenvalue weighted by molar-refractivity contribution is 9.10. The molecule has 2 aromatic rings. The minimum atomic E-state index is -3.69. The summed E-state index contributed by atoms with van der Waals surface area (Å²) in [7, 11) is -3.69. The molecule has 0 bridgehead atoms. The third-order valence-electron chi connectivity index (χ3n) is 2.38. The molecule has 0 aliphatic rings. The Balaban J connectivity index is 2.60. The molecule has 0 amide bonds. The number of nitrogens with zero attached hydrogens (tertiary/aromatic N) is 2. The lowest BCUT2D eigenvalue weighted by Gasteiger charge is -2.05. The first-order valence-electron chi connectivity index (χ1n) is 5.12. The lowest BCUT2D eigenvalue weighted by molar-refractivity contribution is 0.596. The average Bonchev–Trinajstić information content (AvgIpc) is 2.38. The maximum absolute atomic E-state index is 12.4. The van der Waals surface area contributed by atoms with Gasteiger partial charge in [-0.3, -0.25) is 0 Å². The lowest BCUT2D eigenvalue weighted by Crippen LogP contribution is -2.03. The molecule has 1 aromatic heterocycles. The average molecular weight is 338 g/mol. The van der Waals surface area contributed by atoms with Gasteiger partial charge in [-0.1, -0.05) is 0 Å². The molecule has 1 heterocycles. The van der Waals surface area contributed by atoms with E-state index in [0.29, 0.717) is 10.3 Å². The van der Waals surface area contributed by atoms with Crippen LogP contribution in [0, 0.1) is 11.3 Å². The summed E-state index contributed by atoms with van der Waals surface area (Å²) in [5.74, 6) is 0. The van der Waals surface area contributed by atoms with E-state index in [1.54, 1.807) is 0 Å². The molecule has 0 saturated carbocycles. The van der Waals surface area contributed by atoms with Gasteiger partial charge in [0, 0.05) is 5.69 Å². The van der Waals surface area contributed by atoms with Crippen LogP contribution < -0.4 is 5.73 Å². The van der Waals surface area contributed by atoms with Crippen LogP contribution in [0.25, 0.3) is 0 Å². The number of nitrogens with two attached hydrogens (primary N) is 1. The van der Waals surface area contributed by atoms with Crippen LogP contribution in [0.1, 0.15) is 5.69 Å². The molecule has 0 atom stereocenters. The fraction of sp³-hybridized carbons (Fsp3) is 0. The van der Waals surface area contributed by atoms with Crippen molar-refractivity contribution in [2.75, 3.05) is 5.73 Å². The van der Waals surface area contributed by atoms with E-state index in [1.165, 1.54) is 36.4 Å². The first kappa shape index (κ1) is 13.5. The molecule has 0 aliphatic heterocycles. The zero-order chi connectivity index (χ0) is 14.0. The molecule has 0 radical (unpaired) electrons. The third-order valence-corrected chi connectivity index (χ3v) is 4.54. The Morgan fingerprint density at radius 1 is 1.16 bits per heavy atom. The Labute approximate surface area is 118 Å². The molecule has 7 heteroatoms. The molecule has 0 spiro atoms. The van der Waals surface area contributed by atoms with Crippen molar-refractivity contribution in [2.24, 2.45) is 0 Å². The SMILES string of the molecule is N#Cc1cc(S(=O)(=O)c2ccc(N)cc2)cc(Br)n1. The largest absolute Gasteiger partial charge is 0.399 e. The van der Waals surface area contributed by atoms with Gasteiger partial charge in [-0.05, 0) is 52.3 Å². The molecule has 5 nitrogen and oxygen atoms in total. The summed E-state index contributed by atoms with van der Waals surface area (Å²) < 4.78 is 25.0. The summed E-state index contributed by atoms with van der Waals surface area (Å²) in [5.41, 5.74) is 6.03. The van der Waals surface area contributed by atoms with Gasteiger partial charge in [0.2, 0.25) is 9.84 Å². The molecule has 96 valence electrons. The Bertz CT molecular complexity index is 765. The Kier molecular flexibility index (Phi) is 3.55. The number of anilines is 1. The number of rotatable bonds is 2. The molecule has 0 aliphatic carbocycles. The second-order valence-electron chi connectivity index (χ2n) is 3.70. The summed E-state index contributed by atoms with van der Waals surface area (Å²) >= 11 is 3.08. The van der Waals surface area contributed by atoms with E-state index in [0.717, 1.165) is 0 Å². The monoisotopic (exact) mass is 337 g/mol. The van der Waals surface area contributed by atoms with Gasteiger partial charge in [0.15, 0.2) is 0 Å². The van der Waals surface area contributed by atoms with Crippen molar-refractivity contribution in [1.29, 1.82) is 5.26 Å². The highest BCUT2D eigenvalue weighted by atomic mass is 79.9. The van der Waals surface area contributed by atoms with Gasteiger partial charge in [-0.25, -0.2) is 13.4 Å². The number of hydrogen-bond donors (Lipinski definition) is 1. The van der Waals surface area contributed by atoms with Gasteiger partial charge in [-0.15, -0.1) is 0 Å². The van der Waals surface area contributed by atoms with E-state index < -0.39 is 9.84 Å². The maximum Gasteiger partial charge on any atom is 0.206 e. The zero-order valence-corrected chi connectivity index (χ0v) is 11.9. The smallest absolute Gasteiger partial charge is 0.206 e. The summed E-state index contributed by atoms with van der Waals surface area (Å²) in [5, 5.41) is 8.81. The minimum absolute atomic E-state index is 0.00990. The van der Waals surface area contributed by atoms with Crippen LogP contribution in [0.4, 0.5) is 5.69 Å². The highest BCUT2D eigenvalue weighted by Gasteiger charge is 2.19. The van der Waals surface area contributed by atoms with Crippen molar-refractivity contribution in [2.45, 2.75) is 9.79 Å². The van der Waals surface area contributed by atoms with Gasteiger partial charge in [0.1, 0.15) is 16.4 Å². The molecule has 0 saturated heterocycles. The van der Waals surface area contributed by atoms with Crippen LogP contribution in [0.15, 0.2) is 50.8 Å². The van der Waals surface area contributed by atoms with Crippen molar-refractivity contribution in [3.63, 3.8) is 0 Å². The predicted molar refractivity (Wildman–Crippen MR) is 73.0 cm³/mol. The quantitative estimate of drug-likeness (QED) is 0.668. The summed E-state index contributed by atoms with van der Waals surface area (Å²) in [6.45, 7) is 0. The van der Waals surface area contributed by atoms with Crippen molar-refractivity contribution < 1.29 is 8.42 Å². The maximum atomic E-state index is 12.4. The van der Waals surface area contributed by atoms with E-state index in [1.807, 2.05) is 6.07 Å². The lowest BCUT2D eigenvalue weighted by atomic mass is 10.3. The fourth-order valence-electron chi connectivity index (χ4n) is 1.47. The van der Waals surface area contributed by atoms with Gasteiger partial charge in [0.25, 0.3) is 0 Å². The van der Waals surface area contributed by atoms with Crippen molar-refractivity contribution in [1.82, 2.24) is 4.98 Å². The second-order valence-corrected chi connectivity index (χ2v) is 6.46. The van der Waals surface area contributed by atoms with Crippen LogP contribution in [0.5, 0.6) is 0 Å². The normalized spacial score (nSPS) is 10.9. The molecule has 2 rings (SSSR count). The number of nitrogen functional groups attached to an aromatic ring is 1. The molecule has 2 N–H and O–H groups in total. The van der Waals surface area contributed by atoms with Crippen LogP contribution in [0.2, 0.25) is 0 Å². The van der Waals surface area contributed by atoms with Gasteiger partial charge in [-0.2, -0.15) is 5.26 Å². The molecule has 0 unspecified atom stereocenters. The molecule has 1 aromatic carbocycles. The molecule has 0 fully saturated rings. The van der Waals surface area contributed by atoms with E-state index in [2.05, 4.69) is 20.9 Å². The number of sulfone groups is 1. The Hall–Kier alpha value is -1.91. The summed E-state index contributed by atoms with van der Waals surface area (Å²) in [6.07, 6.45) is 0. The zero-order valence-electron chi connectivity index (χ0n) is 9.54. The van der Waals surface area contributed by atoms with Gasteiger partial charge in [0.05, 0.1) is 9.79 Å². The number of aromatic nitrogens is 1. The number of halogens is 1. The molecule has 19 heavy (non-hydrogen) atoms. The second kappa shape index (κ2) is 4.99. The summed E-state index contributed by atoms with van der Waals surface area (Å²) in [6, 6.07) is 10.3. The van der Waals surface area contributed by atoms with E-state index in [9.17, 15) is 8.42 Å². The number of benzene rings is 1. The Morgan fingerprint density at radius 2 is 1.79 bits per heavy atom. The van der Waals surface area contributed by atoms with Crippen molar-refractivity contribution in [3.8, 4) is 6.07 Å². The number of nitriles is 1. The first-order chi connectivity index (χ1) is 8.93. The van der Waals surface area contributed by atoms with E-state index in [-0.39, 0.29) is 15.5 Å². The highest BCUT2D eigenvalue weighted by Crippen LogP contribution is 2.24. The van der Waals surface area contributed by atoms with Crippen molar-refractivity contribution in [3.05, 3.63) is 46.7 Å². The number of pyridine rings is 1. The third kappa shape index (κ3) is 2.75. The predicted octanol–water partition coefficient (Wildman–Crippen LogP) is 2.13. The minimum Gasteiger partial charge on any atom is -0.399 e. The fourth-order valence-corrected chi connectivity index (χ4v) is 3.36. The van der Waals surface area contributed by atoms with Gasteiger partial charge < -0.3 is 5.73 Å². The number of hydrogen-bond acceptors (Lipinski definition) is 5. The Morgan fingerprint density at radius 3 is 2.37 bits per heavy atom.